The minimum atomic E-state index is -1.10. The predicted octanol–water partition coefficient (Wildman–Crippen LogP) is 1.69. The molecule has 2 heterocycles. The number of benzene rings is 1. The van der Waals surface area contributed by atoms with Gasteiger partial charge in [-0.1, -0.05) is 0 Å². The van der Waals surface area contributed by atoms with Gasteiger partial charge in [0.1, 0.15) is 12.2 Å². The average molecular weight is 382 g/mol. The Morgan fingerprint density at radius 3 is 2.21 bits per heavy atom. The molecule has 0 unspecified atom stereocenters. The Kier molecular flexibility index (Phi) is 5.49. The highest BCUT2D eigenvalue weighted by Crippen LogP contribution is 2.15. The van der Waals surface area contributed by atoms with Crippen molar-refractivity contribution in [3.05, 3.63) is 60.2 Å². The highest BCUT2D eigenvalue weighted by atomic mass is 16.4. The summed E-state index contributed by atoms with van der Waals surface area (Å²) in [5, 5.41) is 22.2. The zero-order valence-electron chi connectivity index (χ0n) is 15.0. The molecule has 0 radical (unpaired) electrons. The summed E-state index contributed by atoms with van der Waals surface area (Å²) >= 11 is 0. The fraction of sp³-hybridized carbons (Fsp3) is 0.167. The van der Waals surface area contributed by atoms with Gasteiger partial charge in [-0.3, -0.25) is 19.1 Å². The van der Waals surface area contributed by atoms with E-state index >= 15 is 0 Å². The minimum absolute atomic E-state index is 0.131. The second-order valence-corrected chi connectivity index (χ2v) is 5.81. The van der Waals surface area contributed by atoms with Crippen molar-refractivity contribution in [2.45, 2.75) is 20.0 Å². The van der Waals surface area contributed by atoms with Gasteiger partial charge in [-0.05, 0) is 43.3 Å². The van der Waals surface area contributed by atoms with Crippen molar-refractivity contribution in [3.63, 3.8) is 0 Å². The van der Waals surface area contributed by atoms with Gasteiger partial charge in [-0.25, -0.2) is 4.68 Å². The molecular formula is C18H18N6O4. The van der Waals surface area contributed by atoms with Crippen LogP contribution in [0.25, 0.3) is 0 Å². The van der Waals surface area contributed by atoms with Crippen LogP contribution >= 0.6 is 0 Å². The summed E-state index contributed by atoms with van der Waals surface area (Å²) in [5.74, 6) is -1.91. The van der Waals surface area contributed by atoms with Crippen LogP contribution in [0, 0.1) is 0 Å². The number of carbonyl (C=O) groups is 3. The summed E-state index contributed by atoms with van der Waals surface area (Å²) in [7, 11) is 0. The van der Waals surface area contributed by atoms with Crippen LogP contribution in [0.5, 0.6) is 0 Å². The van der Waals surface area contributed by atoms with Crippen LogP contribution in [0.2, 0.25) is 0 Å². The van der Waals surface area contributed by atoms with E-state index < -0.39 is 18.4 Å². The third kappa shape index (κ3) is 4.41. The maximum Gasteiger partial charge on any atom is 0.325 e. The Hall–Kier alpha value is -3.95. The number of hydrogen-bond acceptors (Lipinski definition) is 5. The van der Waals surface area contributed by atoms with Crippen molar-refractivity contribution in [2.75, 3.05) is 10.6 Å². The van der Waals surface area contributed by atoms with Crippen molar-refractivity contribution < 1.29 is 19.5 Å². The average Bonchev–Trinajstić information content (AvgIpc) is 3.32. The first-order chi connectivity index (χ1) is 13.5. The molecule has 0 atom stereocenters. The third-order valence-electron chi connectivity index (χ3n) is 3.83. The van der Waals surface area contributed by atoms with Crippen LogP contribution < -0.4 is 10.6 Å². The molecule has 1 aromatic carbocycles. The number of aryl methyl sites for hydroxylation is 1. The SMILES string of the molecule is CCn1ccc(C(=O)Nc2ccc(NC(=O)c3ccnn3CC(=O)O)cc2)n1. The van der Waals surface area contributed by atoms with E-state index in [4.69, 9.17) is 5.11 Å². The Morgan fingerprint density at radius 2 is 1.64 bits per heavy atom. The van der Waals surface area contributed by atoms with Crippen LogP contribution in [0.4, 0.5) is 11.4 Å². The normalized spacial score (nSPS) is 10.5. The summed E-state index contributed by atoms with van der Waals surface area (Å²) in [6.45, 7) is 2.19. The summed E-state index contributed by atoms with van der Waals surface area (Å²) in [6.07, 6.45) is 3.08. The number of nitrogens with zero attached hydrogens (tertiary/aromatic N) is 4. The Balaban J connectivity index is 1.63. The molecule has 0 fully saturated rings. The Morgan fingerprint density at radius 1 is 1.00 bits per heavy atom. The molecule has 0 saturated heterocycles. The van der Waals surface area contributed by atoms with Crippen molar-refractivity contribution in [1.82, 2.24) is 19.6 Å². The molecule has 10 heteroatoms. The summed E-state index contributed by atoms with van der Waals surface area (Å²) in [4.78, 5) is 35.3. The van der Waals surface area contributed by atoms with Gasteiger partial charge in [0.2, 0.25) is 0 Å². The number of carbonyl (C=O) groups excluding carboxylic acids is 2. The Bertz CT molecular complexity index is 1010. The molecule has 2 amide bonds. The van der Waals surface area contributed by atoms with Gasteiger partial charge in [0.15, 0.2) is 5.69 Å². The summed E-state index contributed by atoms with van der Waals surface area (Å²) in [5.41, 5.74) is 1.48. The van der Waals surface area contributed by atoms with Gasteiger partial charge >= 0.3 is 5.97 Å². The first-order valence-corrected chi connectivity index (χ1v) is 8.46. The van der Waals surface area contributed by atoms with E-state index in [9.17, 15) is 14.4 Å². The lowest BCUT2D eigenvalue weighted by Gasteiger charge is -2.08. The molecule has 28 heavy (non-hydrogen) atoms. The molecular weight excluding hydrogens is 364 g/mol. The highest BCUT2D eigenvalue weighted by Gasteiger charge is 2.14. The van der Waals surface area contributed by atoms with Crippen LogP contribution in [0.3, 0.4) is 0 Å². The molecule has 2 aromatic heterocycles. The molecule has 0 aliphatic heterocycles. The van der Waals surface area contributed by atoms with Crippen molar-refractivity contribution in [1.29, 1.82) is 0 Å². The van der Waals surface area contributed by atoms with E-state index in [0.29, 0.717) is 23.6 Å². The quantitative estimate of drug-likeness (QED) is 0.570. The van der Waals surface area contributed by atoms with E-state index in [2.05, 4.69) is 20.8 Å². The molecule has 144 valence electrons. The van der Waals surface area contributed by atoms with Gasteiger partial charge in [-0.2, -0.15) is 10.2 Å². The first kappa shape index (κ1) is 18.8. The molecule has 10 nitrogen and oxygen atoms in total. The highest BCUT2D eigenvalue weighted by molar-refractivity contribution is 6.04. The van der Waals surface area contributed by atoms with Crippen molar-refractivity contribution in [3.8, 4) is 0 Å². The summed E-state index contributed by atoms with van der Waals surface area (Å²) < 4.78 is 2.75. The molecule has 3 rings (SSSR count). The smallest absolute Gasteiger partial charge is 0.325 e. The number of amides is 2. The topological polar surface area (TPSA) is 131 Å². The number of anilines is 2. The van der Waals surface area contributed by atoms with Gasteiger partial charge in [-0.15, -0.1) is 0 Å². The van der Waals surface area contributed by atoms with Gasteiger partial charge in [0, 0.05) is 30.3 Å². The van der Waals surface area contributed by atoms with E-state index in [0.717, 1.165) is 4.68 Å². The molecule has 0 aliphatic rings. The number of carboxylic acids is 1. The molecule has 3 aromatic rings. The lowest BCUT2D eigenvalue weighted by molar-refractivity contribution is -0.137. The monoisotopic (exact) mass is 382 g/mol. The largest absolute Gasteiger partial charge is 0.480 e. The second kappa shape index (κ2) is 8.16. The lowest BCUT2D eigenvalue weighted by atomic mass is 10.2. The lowest BCUT2D eigenvalue weighted by Crippen LogP contribution is -2.20. The van der Waals surface area contributed by atoms with Crippen molar-refractivity contribution in [2.24, 2.45) is 0 Å². The molecule has 3 N–H and O–H groups in total. The number of nitrogens with one attached hydrogen (secondary N) is 2. The van der Waals surface area contributed by atoms with Gasteiger partial charge < -0.3 is 15.7 Å². The maximum absolute atomic E-state index is 12.3. The first-order valence-electron chi connectivity index (χ1n) is 8.46. The fourth-order valence-corrected chi connectivity index (χ4v) is 2.47. The zero-order valence-corrected chi connectivity index (χ0v) is 15.0. The predicted molar refractivity (Wildman–Crippen MR) is 100 cm³/mol. The Labute approximate surface area is 159 Å². The molecule has 0 saturated carbocycles. The van der Waals surface area contributed by atoms with E-state index in [1.54, 1.807) is 41.2 Å². The van der Waals surface area contributed by atoms with Gasteiger partial charge in [0.05, 0.1) is 0 Å². The third-order valence-corrected chi connectivity index (χ3v) is 3.83. The second-order valence-electron chi connectivity index (χ2n) is 5.81. The minimum Gasteiger partial charge on any atom is -0.480 e. The van der Waals surface area contributed by atoms with Crippen molar-refractivity contribution >= 4 is 29.2 Å². The number of aromatic nitrogens is 4. The van der Waals surface area contributed by atoms with Gasteiger partial charge in [0.25, 0.3) is 11.8 Å². The number of rotatable bonds is 7. The van der Waals surface area contributed by atoms with E-state index in [-0.39, 0.29) is 11.6 Å². The summed E-state index contributed by atoms with van der Waals surface area (Å²) in [6, 6.07) is 9.58. The van der Waals surface area contributed by atoms with E-state index in [1.165, 1.54) is 12.3 Å². The van der Waals surface area contributed by atoms with Crippen LogP contribution in [0.1, 0.15) is 27.9 Å². The number of hydrogen-bond donors (Lipinski definition) is 3. The molecule has 0 spiro atoms. The number of aliphatic carboxylic acids is 1. The molecule has 0 aliphatic carbocycles. The van der Waals surface area contributed by atoms with E-state index in [1.807, 2.05) is 6.92 Å². The fourth-order valence-electron chi connectivity index (χ4n) is 2.47. The maximum atomic E-state index is 12.3. The number of carboxylic acid groups (broad SMARTS) is 1. The van der Waals surface area contributed by atoms with Crippen LogP contribution in [-0.4, -0.2) is 42.5 Å². The molecule has 0 bridgehead atoms. The zero-order chi connectivity index (χ0) is 20.1. The van der Waals surface area contributed by atoms with Crippen LogP contribution in [-0.2, 0) is 17.9 Å². The standard InChI is InChI=1S/C18H18N6O4/c1-2-23-10-8-14(22-23)17(27)20-12-3-5-13(6-4-12)21-18(28)15-7-9-19-24(15)11-16(25)26/h3-10H,2,11H2,1H3,(H,20,27)(H,21,28)(H,25,26). The van der Waals surface area contributed by atoms with Crippen LogP contribution in [0.15, 0.2) is 48.8 Å².